The van der Waals surface area contributed by atoms with Crippen molar-refractivity contribution in [3.05, 3.63) is 66.0 Å². The molecule has 0 aliphatic heterocycles. The van der Waals surface area contributed by atoms with Crippen LogP contribution in [0.25, 0.3) is 16.2 Å². The Hall–Kier alpha value is -2.98. The first-order valence-electron chi connectivity index (χ1n) is 6.98. The van der Waals surface area contributed by atoms with E-state index in [1.165, 1.54) is 17.8 Å². The van der Waals surface area contributed by atoms with Gasteiger partial charge in [0.15, 0.2) is 5.82 Å². The molecule has 0 radical (unpaired) electrons. The molecule has 0 atom stereocenters. The standard InChI is InChI=1S/C17H12FN5S/c1-19-14-16(21-11-7-9-20-10-8-11)22-15(23-17(14)24-2)12-5-3-4-6-13(12)18/h3-10H,2H3,(H,20,21,22,23). The monoisotopic (exact) mass is 337 g/mol. The zero-order valence-electron chi connectivity index (χ0n) is 12.7. The van der Waals surface area contributed by atoms with Crippen molar-refractivity contribution in [2.24, 2.45) is 0 Å². The second kappa shape index (κ2) is 7.06. The van der Waals surface area contributed by atoms with Crippen molar-refractivity contribution in [2.75, 3.05) is 11.6 Å². The molecule has 2 aromatic heterocycles. The van der Waals surface area contributed by atoms with Gasteiger partial charge in [-0.3, -0.25) is 4.98 Å². The van der Waals surface area contributed by atoms with Gasteiger partial charge in [-0.25, -0.2) is 19.2 Å². The zero-order chi connectivity index (χ0) is 16.9. The third-order valence-corrected chi connectivity index (χ3v) is 3.89. The van der Waals surface area contributed by atoms with E-state index in [9.17, 15) is 4.39 Å². The second-order valence-corrected chi connectivity index (χ2v) is 5.50. The summed E-state index contributed by atoms with van der Waals surface area (Å²) < 4.78 is 14.1. The van der Waals surface area contributed by atoms with E-state index in [0.29, 0.717) is 22.1 Å². The number of halogens is 1. The van der Waals surface area contributed by atoms with Crippen LogP contribution in [-0.4, -0.2) is 21.2 Å². The summed E-state index contributed by atoms with van der Waals surface area (Å²) in [5, 5.41) is 3.58. The summed E-state index contributed by atoms with van der Waals surface area (Å²) in [5.41, 5.74) is 1.33. The molecule has 3 aromatic rings. The van der Waals surface area contributed by atoms with Crippen LogP contribution in [0.4, 0.5) is 21.6 Å². The van der Waals surface area contributed by atoms with Gasteiger partial charge in [0.25, 0.3) is 5.69 Å². The van der Waals surface area contributed by atoms with Crippen LogP contribution in [0.1, 0.15) is 0 Å². The third kappa shape index (κ3) is 3.19. The molecule has 1 aromatic carbocycles. The first-order chi connectivity index (χ1) is 11.7. The number of pyridine rings is 1. The zero-order valence-corrected chi connectivity index (χ0v) is 13.5. The summed E-state index contributed by atoms with van der Waals surface area (Å²) in [6, 6.07) is 9.82. The average molecular weight is 337 g/mol. The number of nitrogens with one attached hydrogen (secondary N) is 1. The molecule has 0 fully saturated rings. The van der Waals surface area contributed by atoms with Crippen LogP contribution in [0.15, 0.2) is 53.8 Å². The second-order valence-electron chi connectivity index (χ2n) is 4.71. The molecule has 2 heterocycles. The molecule has 24 heavy (non-hydrogen) atoms. The summed E-state index contributed by atoms with van der Waals surface area (Å²) in [5.74, 6) is 0.171. The fraction of sp³-hybridized carbons (Fsp3) is 0.0588. The van der Waals surface area contributed by atoms with Crippen LogP contribution in [0.5, 0.6) is 0 Å². The van der Waals surface area contributed by atoms with Gasteiger partial charge >= 0.3 is 0 Å². The SMILES string of the molecule is [C-]#[N+]c1c(Nc2ccncc2)nc(-c2ccccc2F)nc1SC. The maximum Gasteiger partial charge on any atom is 0.259 e. The Balaban J connectivity index is 2.15. The van der Waals surface area contributed by atoms with E-state index in [4.69, 9.17) is 6.57 Å². The van der Waals surface area contributed by atoms with Gasteiger partial charge in [0.05, 0.1) is 12.1 Å². The van der Waals surface area contributed by atoms with Crippen LogP contribution in [0.3, 0.4) is 0 Å². The van der Waals surface area contributed by atoms with Gasteiger partial charge in [-0.2, -0.15) is 0 Å². The Kier molecular flexibility index (Phi) is 4.68. The molecule has 0 saturated carbocycles. The molecular formula is C17H12FN5S. The minimum absolute atomic E-state index is 0.237. The lowest BCUT2D eigenvalue weighted by Gasteiger charge is -2.12. The number of rotatable bonds is 4. The van der Waals surface area contributed by atoms with E-state index in [1.807, 2.05) is 6.26 Å². The van der Waals surface area contributed by atoms with Gasteiger partial charge < -0.3 is 5.32 Å². The number of nitrogens with zero attached hydrogens (tertiary/aromatic N) is 4. The Morgan fingerprint density at radius 3 is 2.54 bits per heavy atom. The van der Waals surface area contributed by atoms with Crippen molar-refractivity contribution < 1.29 is 4.39 Å². The van der Waals surface area contributed by atoms with Crippen LogP contribution in [-0.2, 0) is 0 Å². The first kappa shape index (κ1) is 15.9. The fourth-order valence-electron chi connectivity index (χ4n) is 2.10. The van der Waals surface area contributed by atoms with Crippen molar-refractivity contribution >= 4 is 29.0 Å². The van der Waals surface area contributed by atoms with E-state index in [1.54, 1.807) is 42.7 Å². The highest BCUT2D eigenvalue weighted by Crippen LogP contribution is 2.36. The van der Waals surface area contributed by atoms with Crippen molar-refractivity contribution in [3.8, 4) is 11.4 Å². The summed E-state index contributed by atoms with van der Waals surface area (Å²) >= 11 is 1.32. The average Bonchev–Trinajstić information content (AvgIpc) is 2.62. The largest absolute Gasteiger partial charge is 0.349 e. The number of thioether (sulfide) groups is 1. The van der Waals surface area contributed by atoms with E-state index in [-0.39, 0.29) is 5.82 Å². The van der Waals surface area contributed by atoms with E-state index < -0.39 is 5.82 Å². The maximum absolute atomic E-state index is 14.1. The number of benzene rings is 1. The van der Waals surface area contributed by atoms with Crippen LogP contribution in [0, 0.1) is 12.4 Å². The Morgan fingerprint density at radius 2 is 1.88 bits per heavy atom. The molecule has 118 valence electrons. The normalized spacial score (nSPS) is 10.2. The van der Waals surface area contributed by atoms with Gasteiger partial charge in [-0.1, -0.05) is 12.1 Å². The molecule has 7 heteroatoms. The Bertz CT molecular complexity index is 909. The molecule has 0 bridgehead atoms. The van der Waals surface area contributed by atoms with Crippen molar-refractivity contribution in [1.82, 2.24) is 15.0 Å². The number of aromatic nitrogens is 3. The molecular weight excluding hydrogens is 325 g/mol. The molecule has 5 nitrogen and oxygen atoms in total. The van der Waals surface area contributed by atoms with Crippen LogP contribution >= 0.6 is 11.8 Å². The lowest BCUT2D eigenvalue weighted by molar-refractivity contribution is 0.629. The van der Waals surface area contributed by atoms with Crippen molar-refractivity contribution in [2.45, 2.75) is 5.03 Å². The van der Waals surface area contributed by atoms with Crippen molar-refractivity contribution in [1.29, 1.82) is 0 Å². The molecule has 0 unspecified atom stereocenters. The lowest BCUT2D eigenvalue weighted by Crippen LogP contribution is -2.00. The van der Waals surface area contributed by atoms with Gasteiger partial charge in [-0.15, -0.1) is 11.8 Å². The molecule has 0 amide bonds. The fourth-order valence-corrected chi connectivity index (χ4v) is 2.61. The minimum atomic E-state index is -0.407. The smallest absolute Gasteiger partial charge is 0.259 e. The molecule has 0 aliphatic rings. The number of anilines is 2. The quantitative estimate of drug-likeness (QED) is 0.425. The van der Waals surface area contributed by atoms with Gasteiger partial charge in [-0.05, 0) is 30.5 Å². The third-order valence-electron chi connectivity index (χ3n) is 3.22. The Morgan fingerprint density at radius 1 is 1.12 bits per heavy atom. The predicted octanol–water partition coefficient (Wildman–Crippen LogP) is 4.69. The first-order valence-corrected chi connectivity index (χ1v) is 8.21. The van der Waals surface area contributed by atoms with Crippen LogP contribution in [0.2, 0.25) is 0 Å². The van der Waals surface area contributed by atoms with Gasteiger partial charge in [0.1, 0.15) is 16.7 Å². The molecule has 0 aliphatic carbocycles. The highest BCUT2D eigenvalue weighted by atomic mass is 32.2. The summed E-state index contributed by atoms with van der Waals surface area (Å²) in [7, 11) is 0. The lowest BCUT2D eigenvalue weighted by atomic mass is 10.2. The summed E-state index contributed by atoms with van der Waals surface area (Å²) in [4.78, 5) is 16.2. The summed E-state index contributed by atoms with van der Waals surface area (Å²) in [6.07, 6.45) is 5.08. The molecule has 0 spiro atoms. The van der Waals surface area contributed by atoms with Crippen molar-refractivity contribution in [3.63, 3.8) is 0 Å². The van der Waals surface area contributed by atoms with Gasteiger partial charge in [0.2, 0.25) is 0 Å². The maximum atomic E-state index is 14.1. The highest BCUT2D eigenvalue weighted by molar-refractivity contribution is 7.98. The number of hydrogen-bond donors (Lipinski definition) is 1. The van der Waals surface area contributed by atoms with E-state index in [0.717, 1.165) is 5.69 Å². The Labute approximate surface area is 142 Å². The predicted molar refractivity (Wildman–Crippen MR) is 93.0 cm³/mol. The molecule has 1 N–H and O–H groups in total. The van der Waals surface area contributed by atoms with E-state index in [2.05, 4.69) is 25.1 Å². The number of hydrogen-bond acceptors (Lipinski definition) is 5. The molecule has 0 saturated heterocycles. The summed E-state index contributed by atoms with van der Waals surface area (Å²) in [6.45, 7) is 7.42. The topological polar surface area (TPSA) is 55.1 Å². The molecule has 3 rings (SSSR count). The van der Waals surface area contributed by atoms with Gasteiger partial charge in [0, 0.05) is 18.1 Å². The highest BCUT2D eigenvalue weighted by Gasteiger charge is 2.17. The minimum Gasteiger partial charge on any atom is -0.349 e. The van der Waals surface area contributed by atoms with E-state index >= 15 is 0 Å². The van der Waals surface area contributed by atoms with Crippen LogP contribution < -0.4 is 5.32 Å².